The number of nitrogens with zero attached hydrogens (tertiary/aromatic N) is 2. The molecule has 1 aliphatic rings. The first-order valence-corrected chi connectivity index (χ1v) is 12.5. The Morgan fingerprint density at radius 2 is 1.67 bits per heavy atom. The van der Waals surface area contributed by atoms with Crippen LogP contribution >= 0.6 is 0 Å². The summed E-state index contributed by atoms with van der Waals surface area (Å²) < 4.78 is 39.9. The minimum absolute atomic E-state index is 0.0308. The molecule has 0 amide bonds. The molecule has 0 bridgehead atoms. The minimum atomic E-state index is -1.70. The van der Waals surface area contributed by atoms with Crippen molar-refractivity contribution < 1.29 is 28.2 Å². The Balaban J connectivity index is 1.41. The number of carboxylic acid groups (broad SMARTS) is 1. The van der Waals surface area contributed by atoms with Crippen molar-refractivity contribution in [3.8, 4) is 11.5 Å². The molecule has 3 aromatic carbocycles. The van der Waals surface area contributed by atoms with E-state index in [1.807, 2.05) is 48.5 Å². The quantitative estimate of drug-likeness (QED) is 0.318. The van der Waals surface area contributed by atoms with Gasteiger partial charge in [0.05, 0.1) is 16.9 Å². The van der Waals surface area contributed by atoms with Crippen LogP contribution in [0.1, 0.15) is 11.1 Å². The van der Waals surface area contributed by atoms with Crippen LogP contribution in [0.5, 0.6) is 11.5 Å². The predicted molar refractivity (Wildman–Crippen MR) is 141 cm³/mol. The van der Waals surface area contributed by atoms with Gasteiger partial charge in [-0.2, -0.15) is 4.39 Å². The van der Waals surface area contributed by atoms with Crippen molar-refractivity contribution in [2.75, 3.05) is 26.2 Å². The van der Waals surface area contributed by atoms with E-state index < -0.39 is 34.7 Å². The number of nitrogens with one attached hydrogen (secondary N) is 1. The van der Waals surface area contributed by atoms with E-state index in [0.717, 1.165) is 31.4 Å². The molecule has 1 aliphatic heterocycles. The fourth-order valence-corrected chi connectivity index (χ4v) is 4.87. The lowest BCUT2D eigenvalue weighted by Crippen LogP contribution is -2.54. The molecule has 0 aliphatic carbocycles. The number of ether oxygens (including phenoxy) is 2. The van der Waals surface area contributed by atoms with Gasteiger partial charge in [0.15, 0.2) is 17.3 Å². The Labute approximate surface area is 223 Å². The van der Waals surface area contributed by atoms with Crippen LogP contribution in [0, 0.1) is 11.6 Å². The molecule has 202 valence electrons. The molecule has 0 radical (unpaired) electrons. The molecule has 8 nitrogen and oxygen atoms in total. The zero-order valence-electron chi connectivity index (χ0n) is 21.0. The van der Waals surface area contributed by atoms with Gasteiger partial charge in [0.25, 0.3) is 0 Å². The van der Waals surface area contributed by atoms with Gasteiger partial charge in [0.1, 0.15) is 6.61 Å². The Bertz CT molecular complexity index is 1510. The summed E-state index contributed by atoms with van der Waals surface area (Å²) in [6, 6.07) is 20.6. The molecule has 2 N–H and O–H groups in total. The van der Waals surface area contributed by atoms with Gasteiger partial charge >= 0.3 is 6.16 Å². The number of aromatic amines is 1. The largest absolute Gasteiger partial charge is 0.511 e. The molecular weight excluding hydrogens is 508 g/mol. The number of fused-ring (bicyclic) bond motifs is 1. The normalized spacial score (nSPS) is 16.3. The summed E-state index contributed by atoms with van der Waals surface area (Å²) in [6.45, 7) is 3.64. The lowest BCUT2D eigenvalue weighted by molar-refractivity contribution is 0.0369. The molecule has 1 fully saturated rings. The fourth-order valence-electron chi connectivity index (χ4n) is 4.87. The molecule has 5 rings (SSSR count). The van der Waals surface area contributed by atoms with Crippen LogP contribution in [0.2, 0.25) is 0 Å². The molecule has 0 spiro atoms. The second-order valence-electron chi connectivity index (χ2n) is 9.42. The van der Waals surface area contributed by atoms with E-state index in [1.54, 1.807) is 0 Å². The predicted octanol–water partition coefficient (Wildman–Crippen LogP) is 4.63. The van der Waals surface area contributed by atoms with Crippen molar-refractivity contribution in [3.05, 3.63) is 106 Å². The average Bonchev–Trinajstić information content (AvgIpc) is 2.93. The highest BCUT2D eigenvalue weighted by Gasteiger charge is 2.29. The van der Waals surface area contributed by atoms with E-state index >= 15 is 0 Å². The maximum Gasteiger partial charge on any atom is 0.511 e. The minimum Gasteiger partial charge on any atom is -0.487 e. The number of pyridine rings is 1. The third kappa shape index (κ3) is 6.08. The van der Waals surface area contributed by atoms with Gasteiger partial charge in [-0.15, -0.1) is 0 Å². The maximum absolute atomic E-state index is 15.0. The van der Waals surface area contributed by atoms with Crippen LogP contribution in [0.4, 0.5) is 13.6 Å². The Hall–Kier alpha value is -4.28. The van der Waals surface area contributed by atoms with E-state index in [0.29, 0.717) is 19.2 Å². The van der Waals surface area contributed by atoms with Crippen molar-refractivity contribution in [2.24, 2.45) is 0 Å². The number of hydrogen-bond acceptors (Lipinski definition) is 6. The standard InChI is InChI=1S/C29H27F2N3O5/c30-23-13-22-26(32-14-24(27(22)35)39-29(36)37)28(25(23)31)38-18-21-17-33(15-19-7-3-1-4-8-19)11-12-34(21)16-20-9-5-2-6-10-20/h1-10,13-14,21H,11-12,15-18H2,(H,32,35)(H,36,37). The molecular formula is C29H27F2N3O5. The van der Waals surface area contributed by atoms with E-state index in [-0.39, 0.29) is 23.6 Å². The third-order valence-corrected chi connectivity index (χ3v) is 6.78. The van der Waals surface area contributed by atoms with Crippen LogP contribution in [0.15, 0.2) is 77.7 Å². The molecule has 1 unspecified atom stereocenters. The molecule has 0 saturated carbocycles. The molecule has 1 aromatic heterocycles. The molecule has 39 heavy (non-hydrogen) atoms. The Kier molecular flexibility index (Phi) is 7.85. The van der Waals surface area contributed by atoms with Gasteiger partial charge in [-0.25, -0.2) is 9.18 Å². The van der Waals surface area contributed by atoms with Crippen LogP contribution < -0.4 is 14.9 Å². The first-order chi connectivity index (χ1) is 18.9. The van der Waals surface area contributed by atoms with Crippen LogP contribution in [0.3, 0.4) is 0 Å². The second-order valence-corrected chi connectivity index (χ2v) is 9.42. The summed E-state index contributed by atoms with van der Waals surface area (Å²) in [5.41, 5.74) is 1.32. The lowest BCUT2D eigenvalue weighted by Gasteiger charge is -2.41. The smallest absolute Gasteiger partial charge is 0.487 e. The monoisotopic (exact) mass is 535 g/mol. The van der Waals surface area contributed by atoms with Gasteiger partial charge in [-0.1, -0.05) is 60.7 Å². The van der Waals surface area contributed by atoms with Crippen molar-refractivity contribution in [1.82, 2.24) is 14.8 Å². The summed E-state index contributed by atoms with van der Waals surface area (Å²) in [5.74, 6) is -3.52. The van der Waals surface area contributed by atoms with E-state index in [2.05, 4.69) is 31.7 Å². The van der Waals surface area contributed by atoms with Crippen LogP contribution in [-0.2, 0) is 13.1 Å². The summed E-state index contributed by atoms with van der Waals surface area (Å²) in [5, 5.41) is 8.57. The zero-order chi connectivity index (χ0) is 27.4. The number of halogens is 2. The van der Waals surface area contributed by atoms with Crippen molar-refractivity contribution in [3.63, 3.8) is 0 Å². The van der Waals surface area contributed by atoms with Crippen LogP contribution in [-0.4, -0.2) is 58.3 Å². The number of benzene rings is 3. The number of H-pyrrole nitrogens is 1. The Morgan fingerprint density at radius 1 is 1.00 bits per heavy atom. The van der Waals surface area contributed by atoms with E-state index in [4.69, 9.17) is 9.84 Å². The number of rotatable bonds is 8. The van der Waals surface area contributed by atoms with Gasteiger partial charge in [0.2, 0.25) is 11.2 Å². The summed E-state index contributed by atoms with van der Waals surface area (Å²) in [6.07, 6.45) is -0.706. The van der Waals surface area contributed by atoms with Crippen molar-refractivity contribution in [2.45, 2.75) is 19.1 Å². The third-order valence-electron chi connectivity index (χ3n) is 6.78. The summed E-state index contributed by atoms with van der Waals surface area (Å²) >= 11 is 0. The summed E-state index contributed by atoms with van der Waals surface area (Å²) in [7, 11) is 0. The molecule has 4 aromatic rings. The number of hydrogen-bond donors (Lipinski definition) is 2. The maximum atomic E-state index is 15.0. The van der Waals surface area contributed by atoms with Crippen LogP contribution in [0.25, 0.3) is 10.9 Å². The molecule has 10 heteroatoms. The Morgan fingerprint density at radius 3 is 2.33 bits per heavy atom. The lowest BCUT2D eigenvalue weighted by atomic mass is 10.1. The molecule has 1 saturated heterocycles. The number of aromatic nitrogens is 1. The average molecular weight is 536 g/mol. The van der Waals surface area contributed by atoms with Gasteiger partial charge in [-0.3, -0.25) is 14.6 Å². The van der Waals surface area contributed by atoms with E-state index in [9.17, 15) is 18.4 Å². The molecule has 1 atom stereocenters. The van der Waals surface area contributed by atoms with Crippen molar-refractivity contribution in [1.29, 1.82) is 0 Å². The highest BCUT2D eigenvalue weighted by molar-refractivity contribution is 5.86. The topological polar surface area (TPSA) is 95.1 Å². The van der Waals surface area contributed by atoms with E-state index in [1.165, 1.54) is 5.56 Å². The van der Waals surface area contributed by atoms with Crippen molar-refractivity contribution >= 4 is 17.1 Å². The SMILES string of the molecule is O=C(O)Oc1c[nH]c2c(OCC3CN(Cc4ccccc4)CCN3Cc3ccccc3)c(F)c(F)cc2c1=O. The second kappa shape index (κ2) is 11.6. The van der Waals surface area contributed by atoms with Gasteiger partial charge in [0, 0.05) is 38.9 Å². The fraction of sp³-hybridized carbons (Fsp3) is 0.241. The first-order valence-electron chi connectivity index (χ1n) is 12.5. The first kappa shape index (κ1) is 26.3. The van der Waals surface area contributed by atoms with Gasteiger partial charge < -0.3 is 19.6 Å². The highest BCUT2D eigenvalue weighted by atomic mass is 19.2. The number of piperazine rings is 1. The summed E-state index contributed by atoms with van der Waals surface area (Å²) in [4.78, 5) is 30.8. The zero-order valence-corrected chi connectivity index (χ0v) is 21.0. The number of carbonyl (C=O) groups is 1. The van der Waals surface area contributed by atoms with Gasteiger partial charge in [-0.05, 0) is 17.2 Å². The highest BCUT2D eigenvalue weighted by Crippen LogP contribution is 2.30. The molecule has 2 heterocycles.